The van der Waals surface area contributed by atoms with E-state index in [0.717, 1.165) is 0 Å². The smallest absolute Gasteiger partial charge is 0.282 e. The molecule has 0 aromatic carbocycles. The molecule has 0 rings (SSSR count). The Morgan fingerprint density at radius 1 is 1.50 bits per heavy atom. The van der Waals surface area contributed by atoms with Crippen LogP contribution in [0.5, 0.6) is 0 Å². The maximum absolute atomic E-state index is 12.4. The van der Waals surface area contributed by atoms with Crippen molar-refractivity contribution < 1.29 is 18.7 Å². The molecule has 0 spiro atoms. The molecule has 84 valence electrons. The normalized spacial score (nSPS) is 11.4. The third-order valence-corrected chi connectivity index (χ3v) is 1.52. The van der Waals surface area contributed by atoms with Gasteiger partial charge < -0.3 is 15.7 Å². The van der Waals surface area contributed by atoms with Gasteiger partial charge in [0.25, 0.3) is 5.92 Å². The molecular weight excluding hydrogens is 194 g/mol. The summed E-state index contributed by atoms with van der Waals surface area (Å²) in [6.07, 6.45) is 0.162. The number of rotatable bonds is 7. The molecule has 0 heterocycles. The highest BCUT2D eigenvalue weighted by Gasteiger charge is 2.26. The zero-order valence-electron chi connectivity index (χ0n) is 8.15. The van der Waals surface area contributed by atoms with Gasteiger partial charge in [-0.3, -0.25) is 4.79 Å². The van der Waals surface area contributed by atoms with Crippen molar-refractivity contribution in [2.45, 2.75) is 19.3 Å². The average molecular weight is 210 g/mol. The Labute approximate surface area is 81.7 Å². The Balaban J connectivity index is 3.42. The summed E-state index contributed by atoms with van der Waals surface area (Å²) in [6, 6.07) is 0. The molecule has 0 saturated heterocycles. The molecule has 0 aliphatic carbocycles. The first-order chi connectivity index (χ1) is 6.52. The molecule has 0 atom stereocenters. The highest BCUT2D eigenvalue weighted by Crippen LogP contribution is 2.09. The summed E-state index contributed by atoms with van der Waals surface area (Å²) in [6.45, 7) is 0.711. The predicted octanol–water partition coefficient (Wildman–Crippen LogP) is -0.270. The van der Waals surface area contributed by atoms with Crippen LogP contribution in [0.25, 0.3) is 0 Å². The molecule has 4 nitrogen and oxygen atoms in total. The monoisotopic (exact) mass is 210 g/mol. The zero-order chi connectivity index (χ0) is 11.0. The van der Waals surface area contributed by atoms with Crippen LogP contribution in [0.1, 0.15) is 13.3 Å². The highest BCUT2D eigenvalue weighted by atomic mass is 19.3. The summed E-state index contributed by atoms with van der Waals surface area (Å²) >= 11 is 0. The maximum atomic E-state index is 12.4. The van der Waals surface area contributed by atoms with E-state index in [9.17, 15) is 13.6 Å². The van der Waals surface area contributed by atoms with Gasteiger partial charge in [0, 0.05) is 19.5 Å². The first-order valence-electron chi connectivity index (χ1n) is 4.48. The molecule has 0 fully saturated rings. The second-order valence-corrected chi connectivity index (χ2v) is 2.89. The molecule has 0 aromatic rings. The summed E-state index contributed by atoms with van der Waals surface area (Å²) in [5, 5.41) is 13.2. The zero-order valence-corrected chi connectivity index (χ0v) is 8.15. The van der Waals surface area contributed by atoms with Crippen LogP contribution in [0.15, 0.2) is 0 Å². The number of hydrogen-bond acceptors (Lipinski definition) is 3. The fourth-order valence-corrected chi connectivity index (χ4v) is 0.815. The molecule has 14 heavy (non-hydrogen) atoms. The molecule has 0 unspecified atom stereocenters. The van der Waals surface area contributed by atoms with Crippen LogP contribution in [-0.2, 0) is 4.79 Å². The number of aliphatic hydroxyl groups is 1. The average Bonchev–Trinajstić information content (AvgIpc) is 2.13. The Morgan fingerprint density at radius 3 is 2.64 bits per heavy atom. The lowest BCUT2D eigenvalue weighted by atomic mass is 10.3. The van der Waals surface area contributed by atoms with Gasteiger partial charge in [0.1, 0.15) is 6.61 Å². The number of carbonyl (C=O) groups is 1. The molecule has 3 N–H and O–H groups in total. The summed E-state index contributed by atoms with van der Waals surface area (Å²) in [5.41, 5.74) is 0. The second-order valence-electron chi connectivity index (χ2n) is 2.89. The number of nitrogens with one attached hydrogen (secondary N) is 2. The number of halogens is 2. The van der Waals surface area contributed by atoms with Crippen molar-refractivity contribution in [3.63, 3.8) is 0 Å². The molecule has 0 saturated carbocycles. The topological polar surface area (TPSA) is 61.4 Å². The fourth-order valence-electron chi connectivity index (χ4n) is 0.815. The lowest BCUT2D eigenvalue weighted by molar-refractivity contribution is -0.121. The van der Waals surface area contributed by atoms with Gasteiger partial charge in [-0.15, -0.1) is 0 Å². The van der Waals surface area contributed by atoms with Crippen LogP contribution in [0.2, 0.25) is 0 Å². The molecule has 0 aliphatic rings. The molecule has 0 bridgehead atoms. The first kappa shape index (κ1) is 13.2. The minimum Gasteiger partial charge on any atom is -0.390 e. The second kappa shape index (κ2) is 6.67. The standard InChI is InChI=1S/C8H16F2N2O2/c1-2-12-7(14)3-4-11-5-8(9,10)6-13/h11,13H,2-6H2,1H3,(H,12,14). The van der Waals surface area contributed by atoms with Crippen LogP contribution >= 0.6 is 0 Å². The van der Waals surface area contributed by atoms with E-state index < -0.39 is 19.1 Å². The Morgan fingerprint density at radius 2 is 2.14 bits per heavy atom. The number of hydrogen-bond donors (Lipinski definition) is 3. The van der Waals surface area contributed by atoms with E-state index in [0.29, 0.717) is 6.54 Å². The Kier molecular flexibility index (Phi) is 6.31. The van der Waals surface area contributed by atoms with Gasteiger partial charge in [-0.1, -0.05) is 0 Å². The van der Waals surface area contributed by atoms with Crippen molar-refractivity contribution in [1.82, 2.24) is 10.6 Å². The molecule has 0 aliphatic heterocycles. The van der Waals surface area contributed by atoms with Crippen LogP contribution in [0.3, 0.4) is 0 Å². The van der Waals surface area contributed by atoms with Crippen molar-refractivity contribution in [3.8, 4) is 0 Å². The van der Waals surface area contributed by atoms with E-state index in [1.165, 1.54) is 0 Å². The van der Waals surface area contributed by atoms with Gasteiger partial charge in [0.05, 0.1) is 6.54 Å². The summed E-state index contributed by atoms with van der Waals surface area (Å²) < 4.78 is 24.8. The minimum atomic E-state index is -3.11. The van der Waals surface area contributed by atoms with Crippen molar-refractivity contribution in [2.75, 3.05) is 26.2 Å². The molecule has 1 amide bonds. The van der Waals surface area contributed by atoms with Crippen molar-refractivity contribution in [1.29, 1.82) is 0 Å². The molecule has 6 heteroatoms. The van der Waals surface area contributed by atoms with Gasteiger partial charge in [0.2, 0.25) is 5.91 Å². The number of amides is 1. The largest absolute Gasteiger partial charge is 0.390 e. The van der Waals surface area contributed by atoms with E-state index >= 15 is 0 Å². The predicted molar refractivity (Wildman–Crippen MR) is 48.2 cm³/mol. The number of carbonyl (C=O) groups excluding carboxylic acids is 1. The lowest BCUT2D eigenvalue weighted by Gasteiger charge is -2.13. The van der Waals surface area contributed by atoms with E-state index in [4.69, 9.17) is 5.11 Å². The van der Waals surface area contributed by atoms with Gasteiger partial charge in [-0.2, -0.15) is 0 Å². The first-order valence-corrected chi connectivity index (χ1v) is 4.48. The number of aliphatic hydroxyl groups excluding tert-OH is 1. The highest BCUT2D eigenvalue weighted by molar-refractivity contribution is 5.75. The Bertz CT molecular complexity index is 177. The summed E-state index contributed by atoms with van der Waals surface area (Å²) in [4.78, 5) is 10.8. The van der Waals surface area contributed by atoms with E-state index in [1.807, 2.05) is 0 Å². The van der Waals surface area contributed by atoms with E-state index in [-0.39, 0.29) is 18.9 Å². The third-order valence-electron chi connectivity index (χ3n) is 1.52. The third kappa shape index (κ3) is 6.73. The van der Waals surface area contributed by atoms with Gasteiger partial charge in [0.15, 0.2) is 0 Å². The number of alkyl halides is 2. The maximum Gasteiger partial charge on any atom is 0.282 e. The van der Waals surface area contributed by atoms with Crippen LogP contribution in [0.4, 0.5) is 8.78 Å². The summed E-state index contributed by atoms with van der Waals surface area (Å²) in [7, 11) is 0. The molecule has 0 aromatic heterocycles. The van der Waals surface area contributed by atoms with Crippen LogP contribution < -0.4 is 10.6 Å². The summed E-state index contributed by atoms with van der Waals surface area (Å²) in [5.74, 6) is -3.28. The molecular formula is C8H16F2N2O2. The molecule has 0 radical (unpaired) electrons. The quantitative estimate of drug-likeness (QED) is 0.507. The van der Waals surface area contributed by atoms with E-state index in [1.54, 1.807) is 6.92 Å². The van der Waals surface area contributed by atoms with Crippen LogP contribution in [0, 0.1) is 0 Å². The minimum absolute atomic E-state index is 0.162. The van der Waals surface area contributed by atoms with Crippen molar-refractivity contribution in [3.05, 3.63) is 0 Å². The Hall–Kier alpha value is -0.750. The fraction of sp³-hybridized carbons (Fsp3) is 0.875. The SMILES string of the molecule is CCNC(=O)CCNCC(F)(F)CO. The van der Waals surface area contributed by atoms with E-state index in [2.05, 4.69) is 10.6 Å². The van der Waals surface area contributed by atoms with Gasteiger partial charge in [-0.25, -0.2) is 8.78 Å². The lowest BCUT2D eigenvalue weighted by Crippen LogP contribution is -2.37. The van der Waals surface area contributed by atoms with Crippen LogP contribution in [-0.4, -0.2) is 43.2 Å². The van der Waals surface area contributed by atoms with Gasteiger partial charge >= 0.3 is 0 Å². The van der Waals surface area contributed by atoms with Crippen molar-refractivity contribution >= 4 is 5.91 Å². The van der Waals surface area contributed by atoms with Gasteiger partial charge in [-0.05, 0) is 6.92 Å². The van der Waals surface area contributed by atoms with Crippen molar-refractivity contribution in [2.24, 2.45) is 0 Å².